The summed E-state index contributed by atoms with van der Waals surface area (Å²) < 4.78 is 1.52. The number of aromatic nitrogens is 3. The molecule has 0 radical (unpaired) electrons. The van der Waals surface area contributed by atoms with Gasteiger partial charge in [0, 0.05) is 18.1 Å². The Balaban J connectivity index is 1.58. The molecular formula is C18H16Cl2N4O2S2. The van der Waals surface area contributed by atoms with E-state index < -0.39 is 5.25 Å². The van der Waals surface area contributed by atoms with E-state index in [1.54, 1.807) is 25.3 Å². The van der Waals surface area contributed by atoms with Crippen LogP contribution in [0.5, 0.6) is 0 Å². The van der Waals surface area contributed by atoms with Gasteiger partial charge in [0.2, 0.25) is 5.91 Å². The van der Waals surface area contributed by atoms with E-state index in [9.17, 15) is 9.59 Å². The molecule has 1 aliphatic rings. The summed E-state index contributed by atoms with van der Waals surface area (Å²) in [6.07, 6.45) is 4.45. The number of carbonyl (C=O) groups is 1. The maximum atomic E-state index is 12.9. The first kappa shape index (κ1) is 19.7. The highest BCUT2D eigenvalue weighted by Crippen LogP contribution is 2.36. The number of hydrogen-bond acceptors (Lipinski definition) is 6. The van der Waals surface area contributed by atoms with Gasteiger partial charge in [0.1, 0.15) is 4.83 Å². The summed E-state index contributed by atoms with van der Waals surface area (Å²) in [6.45, 7) is 1.74. The molecule has 3 aromatic rings. The predicted octanol–water partition coefficient (Wildman–Crippen LogP) is 4.30. The minimum Gasteiger partial charge on any atom is -0.308 e. The molecule has 0 saturated heterocycles. The summed E-state index contributed by atoms with van der Waals surface area (Å²) in [5.74, 6) is -0.0414. The predicted molar refractivity (Wildman–Crippen MR) is 115 cm³/mol. The van der Waals surface area contributed by atoms with Crippen LogP contribution < -0.4 is 10.9 Å². The van der Waals surface area contributed by atoms with Crippen LogP contribution >= 0.6 is 46.3 Å². The summed E-state index contributed by atoms with van der Waals surface area (Å²) >= 11 is 14.7. The number of nitrogens with one attached hydrogen (secondary N) is 1. The number of fused-ring (bicyclic) bond motifs is 3. The summed E-state index contributed by atoms with van der Waals surface area (Å²) in [7, 11) is 1.69. The molecule has 1 aliphatic carbocycles. The van der Waals surface area contributed by atoms with E-state index in [4.69, 9.17) is 23.2 Å². The van der Waals surface area contributed by atoms with Crippen molar-refractivity contribution in [3.05, 3.63) is 43.1 Å². The number of nitrogens with zero attached hydrogens (tertiary/aromatic N) is 3. The van der Waals surface area contributed by atoms with Crippen LogP contribution in [-0.2, 0) is 24.7 Å². The van der Waals surface area contributed by atoms with Crippen LogP contribution in [0.25, 0.3) is 10.2 Å². The highest BCUT2D eigenvalue weighted by Gasteiger charge is 2.24. The molecule has 28 heavy (non-hydrogen) atoms. The lowest BCUT2D eigenvalue weighted by atomic mass is 10.2. The first-order valence-corrected chi connectivity index (χ1v) is 11.1. The Morgan fingerprint density at radius 3 is 2.93 bits per heavy atom. The Bertz CT molecular complexity index is 1160. The number of amides is 1. The maximum Gasteiger partial charge on any atom is 0.262 e. The number of pyridine rings is 1. The largest absolute Gasteiger partial charge is 0.308 e. The van der Waals surface area contributed by atoms with Gasteiger partial charge in [-0.15, -0.1) is 11.3 Å². The van der Waals surface area contributed by atoms with Gasteiger partial charge in [-0.05, 0) is 37.8 Å². The number of thioether (sulfide) groups is 1. The SMILES string of the molecule is CC(Sc1nc2sc3c(c2c(=O)n1C)CCC3)C(=O)Nc1ncc(Cl)cc1Cl. The monoisotopic (exact) mass is 454 g/mol. The van der Waals surface area contributed by atoms with Crippen molar-refractivity contribution >= 4 is 68.2 Å². The summed E-state index contributed by atoms with van der Waals surface area (Å²) in [5.41, 5.74) is 1.10. The molecule has 0 aromatic carbocycles. The molecule has 0 aliphatic heterocycles. The van der Waals surface area contributed by atoms with Crippen LogP contribution in [-0.4, -0.2) is 25.7 Å². The quantitative estimate of drug-likeness (QED) is 0.469. The Morgan fingerprint density at radius 2 is 2.18 bits per heavy atom. The van der Waals surface area contributed by atoms with E-state index >= 15 is 0 Å². The van der Waals surface area contributed by atoms with Crippen molar-refractivity contribution in [1.29, 1.82) is 0 Å². The molecule has 6 nitrogen and oxygen atoms in total. The summed E-state index contributed by atoms with van der Waals surface area (Å²) in [5, 5.41) is 4.08. The van der Waals surface area contributed by atoms with E-state index in [2.05, 4.69) is 15.3 Å². The number of thiophene rings is 1. The van der Waals surface area contributed by atoms with Crippen molar-refractivity contribution in [3.8, 4) is 0 Å². The highest BCUT2D eigenvalue weighted by molar-refractivity contribution is 8.00. The van der Waals surface area contributed by atoms with Crippen LogP contribution in [0.1, 0.15) is 23.8 Å². The Morgan fingerprint density at radius 1 is 1.39 bits per heavy atom. The average molecular weight is 455 g/mol. The number of hydrogen-bond donors (Lipinski definition) is 1. The number of halogens is 2. The Kier molecular flexibility index (Phi) is 5.39. The maximum absolute atomic E-state index is 12.9. The fraction of sp³-hybridized carbons (Fsp3) is 0.333. The lowest BCUT2D eigenvalue weighted by molar-refractivity contribution is -0.115. The number of rotatable bonds is 4. The molecule has 0 spiro atoms. The van der Waals surface area contributed by atoms with Crippen molar-refractivity contribution in [2.45, 2.75) is 36.6 Å². The van der Waals surface area contributed by atoms with Gasteiger partial charge in [-0.2, -0.15) is 0 Å². The number of anilines is 1. The molecule has 10 heteroatoms. The molecule has 0 saturated carbocycles. The molecule has 146 valence electrons. The minimum atomic E-state index is -0.504. The molecule has 3 heterocycles. The van der Waals surface area contributed by atoms with Crippen LogP contribution in [0, 0.1) is 0 Å². The second-order valence-corrected chi connectivity index (χ2v) is 9.76. The lowest BCUT2D eigenvalue weighted by Crippen LogP contribution is -2.26. The summed E-state index contributed by atoms with van der Waals surface area (Å²) in [4.78, 5) is 36.1. The molecule has 0 fully saturated rings. The molecule has 1 N–H and O–H groups in total. The zero-order chi connectivity index (χ0) is 20.0. The van der Waals surface area contributed by atoms with Gasteiger partial charge in [-0.3, -0.25) is 14.2 Å². The molecule has 0 bridgehead atoms. The van der Waals surface area contributed by atoms with E-state index in [1.807, 2.05) is 0 Å². The second kappa shape index (κ2) is 7.67. The molecule has 1 unspecified atom stereocenters. The third-order valence-corrected chi connectivity index (χ3v) is 7.43. The van der Waals surface area contributed by atoms with Gasteiger partial charge in [0.25, 0.3) is 5.56 Å². The fourth-order valence-corrected chi connectivity index (χ4v) is 5.75. The first-order chi connectivity index (χ1) is 13.3. The van der Waals surface area contributed by atoms with Crippen LogP contribution in [0.15, 0.2) is 22.2 Å². The zero-order valence-electron chi connectivity index (χ0n) is 15.1. The van der Waals surface area contributed by atoms with E-state index in [-0.39, 0.29) is 22.3 Å². The summed E-state index contributed by atoms with van der Waals surface area (Å²) in [6, 6.07) is 1.51. The Hall–Kier alpha value is -1.61. The van der Waals surface area contributed by atoms with Crippen molar-refractivity contribution in [1.82, 2.24) is 14.5 Å². The molecule has 4 rings (SSSR count). The topological polar surface area (TPSA) is 76.9 Å². The lowest BCUT2D eigenvalue weighted by Gasteiger charge is -2.14. The zero-order valence-corrected chi connectivity index (χ0v) is 18.2. The molecule has 1 amide bonds. The minimum absolute atomic E-state index is 0.0538. The van der Waals surface area contributed by atoms with Crippen LogP contribution in [0.4, 0.5) is 5.82 Å². The third-order valence-electron chi connectivity index (χ3n) is 4.61. The van der Waals surface area contributed by atoms with Gasteiger partial charge in [0.05, 0.1) is 20.7 Å². The van der Waals surface area contributed by atoms with Crippen molar-refractivity contribution < 1.29 is 4.79 Å². The normalized spacial score (nSPS) is 14.3. The highest BCUT2D eigenvalue weighted by atomic mass is 35.5. The Labute approximate surface area is 179 Å². The van der Waals surface area contributed by atoms with Gasteiger partial charge in [-0.25, -0.2) is 9.97 Å². The number of aryl methyl sites for hydroxylation is 2. The van der Waals surface area contributed by atoms with Crippen LogP contribution in [0.2, 0.25) is 10.0 Å². The second-order valence-electron chi connectivity index (χ2n) is 6.53. The molecular weight excluding hydrogens is 439 g/mol. The van der Waals surface area contributed by atoms with Gasteiger partial charge in [-0.1, -0.05) is 35.0 Å². The van der Waals surface area contributed by atoms with Crippen molar-refractivity contribution in [3.63, 3.8) is 0 Å². The third kappa shape index (κ3) is 3.54. The standard InChI is InChI=1S/C18H16Cl2N4O2S2/c1-8(15(25)22-14-11(20)6-9(19)7-21-14)27-18-23-16-13(17(26)24(18)2)10-4-3-5-12(10)28-16/h6-8H,3-5H2,1-2H3,(H,21,22,25). The van der Waals surface area contributed by atoms with E-state index in [0.717, 1.165) is 35.0 Å². The number of carbonyl (C=O) groups excluding carboxylic acids is 1. The van der Waals surface area contributed by atoms with E-state index in [0.29, 0.717) is 10.2 Å². The molecule has 3 aromatic heterocycles. The van der Waals surface area contributed by atoms with Gasteiger partial charge >= 0.3 is 0 Å². The van der Waals surface area contributed by atoms with Crippen LogP contribution in [0.3, 0.4) is 0 Å². The van der Waals surface area contributed by atoms with Gasteiger partial charge in [0.15, 0.2) is 11.0 Å². The first-order valence-electron chi connectivity index (χ1n) is 8.65. The van der Waals surface area contributed by atoms with Crippen molar-refractivity contribution in [2.75, 3.05) is 5.32 Å². The van der Waals surface area contributed by atoms with Gasteiger partial charge < -0.3 is 5.32 Å². The fourth-order valence-electron chi connectivity index (χ4n) is 3.15. The molecule has 1 atom stereocenters. The average Bonchev–Trinajstić information content (AvgIpc) is 3.22. The smallest absolute Gasteiger partial charge is 0.262 e. The van der Waals surface area contributed by atoms with E-state index in [1.165, 1.54) is 33.5 Å². The van der Waals surface area contributed by atoms with Crippen molar-refractivity contribution in [2.24, 2.45) is 7.05 Å².